The van der Waals surface area contributed by atoms with Crippen molar-refractivity contribution in [3.8, 4) is 5.75 Å². The highest BCUT2D eigenvalue weighted by molar-refractivity contribution is 5.86. The monoisotopic (exact) mass is 262 g/mol. The first kappa shape index (κ1) is 13.9. The van der Waals surface area contributed by atoms with Gasteiger partial charge in [-0.05, 0) is 39.3 Å². The number of benzene rings is 1. The summed E-state index contributed by atoms with van der Waals surface area (Å²) in [4.78, 5) is 12.3. The van der Waals surface area contributed by atoms with Gasteiger partial charge >= 0.3 is 0 Å². The van der Waals surface area contributed by atoms with Crippen molar-refractivity contribution in [1.29, 1.82) is 0 Å². The summed E-state index contributed by atoms with van der Waals surface area (Å²) < 4.78 is 5.33. The molecule has 19 heavy (non-hydrogen) atoms. The molecule has 1 amide bonds. The Balaban J connectivity index is 2.08. The molecule has 1 aliphatic rings. The molecule has 0 aliphatic carbocycles. The minimum atomic E-state index is -0.434. The molecule has 2 N–H and O–H groups in total. The van der Waals surface area contributed by atoms with E-state index < -0.39 is 5.54 Å². The number of nitrogens with one attached hydrogen (secondary N) is 2. The Kier molecular flexibility index (Phi) is 4.10. The molecule has 0 spiro atoms. The lowest BCUT2D eigenvalue weighted by atomic mass is 9.98. The van der Waals surface area contributed by atoms with Crippen LogP contribution in [0, 0.1) is 0 Å². The van der Waals surface area contributed by atoms with Gasteiger partial charge in [-0.15, -0.1) is 0 Å². The van der Waals surface area contributed by atoms with Crippen molar-refractivity contribution in [3.63, 3.8) is 0 Å². The number of carbonyl (C=O) groups excluding carboxylic acids is 1. The highest BCUT2D eigenvalue weighted by atomic mass is 16.5. The third-order valence-corrected chi connectivity index (χ3v) is 3.82. The number of methoxy groups -OCH3 is 1. The molecule has 0 aromatic heterocycles. The maximum absolute atomic E-state index is 12.3. The molecular weight excluding hydrogens is 240 g/mol. The predicted molar refractivity (Wildman–Crippen MR) is 75.2 cm³/mol. The van der Waals surface area contributed by atoms with Gasteiger partial charge in [0.15, 0.2) is 0 Å². The van der Waals surface area contributed by atoms with E-state index in [4.69, 9.17) is 4.74 Å². The molecule has 2 rings (SSSR count). The van der Waals surface area contributed by atoms with Crippen molar-refractivity contribution >= 4 is 5.91 Å². The Morgan fingerprint density at radius 1 is 1.47 bits per heavy atom. The maximum atomic E-state index is 12.3. The molecule has 104 valence electrons. The molecule has 4 nitrogen and oxygen atoms in total. The second-order valence-electron chi connectivity index (χ2n) is 5.30. The summed E-state index contributed by atoms with van der Waals surface area (Å²) in [6.45, 7) is 4.85. The number of hydrogen-bond acceptors (Lipinski definition) is 3. The summed E-state index contributed by atoms with van der Waals surface area (Å²) in [5.41, 5.74) is 0.566. The molecule has 1 fully saturated rings. The normalized spacial score (nSPS) is 23.9. The van der Waals surface area contributed by atoms with Crippen molar-refractivity contribution in [2.24, 2.45) is 0 Å². The molecule has 1 aromatic carbocycles. The van der Waals surface area contributed by atoms with Gasteiger partial charge in [-0.2, -0.15) is 0 Å². The molecular formula is C15H22N2O2. The molecule has 1 heterocycles. The molecule has 0 radical (unpaired) electrons. The van der Waals surface area contributed by atoms with Crippen LogP contribution in [0.3, 0.4) is 0 Å². The smallest absolute Gasteiger partial charge is 0.240 e. The van der Waals surface area contributed by atoms with Crippen LogP contribution in [0.25, 0.3) is 0 Å². The van der Waals surface area contributed by atoms with E-state index in [2.05, 4.69) is 10.6 Å². The van der Waals surface area contributed by atoms with E-state index in [1.54, 1.807) is 7.11 Å². The van der Waals surface area contributed by atoms with Crippen molar-refractivity contribution in [3.05, 3.63) is 29.8 Å². The standard InChI is InChI=1S/C15H22N2O2/c1-11(12-7-4-5-8-13(12)19-3)17-14(18)15(2)9-6-10-16-15/h4-5,7-8,11,16H,6,9-10H2,1-3H3,(H,17,18)/t11-,15?/m1/s1. The van der Waals surface area contributed by atoms with Crippen LogP contribution in [0.5, 0.6) is 5.75 Å². The lowest BCUT2D eigenvalue weighted by Crippen LogP contribution is -2.51. The van der Waals surface area contributed by atoms with Crippen LogP contribution in [0.4, 0.5) is 0 Å². The average Bonchev–Trinajstić information content (AvgIpc) is 2.87. The summed E-state index contributed by atoms with van der Waals surface area (Å²) in [5.74, 6) is 0.864. The molecule has 0 saturated carbocycles. The van der Waals surface area contributed by atoms with Gasteiger partial charge in [-0.25, -0.2) is 0 Å². The van der Waals surface area contributed by atoms with Gasteiger partial charge in [0.2, 0.25) is 5.91 Å². The van der Waals surface area contributed by atoms with Crippen LogP contribution < -0.4 is 15.4 Å². The molecule has 0 bridgehead atoms. The second kappa shape index (κ2) is 5.61. The second-order valence-corrected chi connectivity index (χ2v) is 5.30. The lowest BCUT2D eigenvalue weighted by molar-refractivity contribution is -0.127. The van der Waals surface area contributed by atoms with E-state index in [0.29, 0.717) is 0 Å². The van der Waals surface area contributed by atoms with Crippen LogP contribution in [0.2, 0.25) is 0 Å². The van der Waals surface area contributed by atoms with E-state index >= 15 is 0 Å². The Bertz CT molecular complexity index is 453. The quantitative estimate of drug-likeness (QED) is 0.872. The van der Waals surface area contributed by atoms with E-state index in [9.17, 15) is 4.79 Å². The number of ether oxygens (including phenoxy) is 1. The van der Waals surface area contributed by atoms with Gasteiger partial charge in [0.1, 0.15) is 5.75 Å². The fourth-order valence-electron chi connectivity index (χ4n) is 2.55. The van der Waals surface area contributed by atoms with Crippen LogP contribution in [-0.2, 0) is 4.79 Å². The zero-order chi connectivity index (χ0) is 13.9. The highest BCUT2D eigenvalue weighted by Gasteiger charge is 2.36. The van der Waals surface area contributed by atoms with Gasteiger partial charge in [-0.3, -0.25) is 4.79 Å². The Morgan fingerprint density at radius 3 is 2.84 bits per heavy atom. The Labute approximate surface area is 114 Å². The van der Waals surface area contributed by atoms with Crippen LogP contribution in [-0.4, -0.2) is 25.1 Å². The van der Waals surface area contributed by atoms with Gasteiger partial charge in [0.25, 0.3) is 0 Å². The fraction of sp³-hybridized carbons (Fsp3) is 0.533. The third kappa shape index (κ3) is 2.89. The minimum absolute atomic E-state index is 0.0587. The molecule has 1 unspecified atom stereocenters. The SMILES string of the molecule is COc1ccccc1[C@@H](C)NC(=O)C1(C)CCCN1. The minimum Gasteiger partial charge on any atom is -0.496 e. The zero-order valence-corrected chi connectivity index (χ0v) is 11.8. The molecule has 1 aromatic rings. The molecule has 1 aliphatic heterocycles. The summed E-state index contributed by atoms with van der Waals surface area (Å²) in [5, 5.41) is 6.35. The van der Waals surface area contributed by atoms with E-state index in [1.807, 2.05) is 38.1 Å². The average molecular weight is 262 g/mol. The topological polar surface area (TPSA) is 50.4 Å². The maximum Gasteiger partial charge on any atom is 0.240 e. The van der Waals surface area contributed by atoms with Gasteiger partial charge < -0.3 is 15.4 Å². The number of para-hydroxylation sites is 1. The fourth-order valence-corrected chi connectivity index (χ4v) is 2.55. The Hall–Kier alpha value is -1.55. The van der Waals surface area contributed by atoms with Crippen molar-refractivity contribution < 1.29 is 9.53 Å². The summed E-state index contributed by atoms with van der Waals surface area (Å²) in [6.07, 6.45) is 1.93. The van der Waals surface area contributed by atoms with Crippen molar-refractivity contribution in [2.45, 2.75) is 38.3 Å². The van der Waals surface area contributed by atoms with Gasteiger partial charge in [0, 0.05) is 5.56 Å². The van der Waals surface area contributed by atoms with Crippen LogP contribution in [0.15, 0.2) is 24.3 Å². The molecule has 4 heteroatoms. The molecule has 2 atom stereocenters. The largest absolute Gasteiger partial charge is 0.496 e. The predicted octanol–water partition coefficient (Wildman–Crippen LogP) is 2.01. The summed E-state index contributed by atoms with van der Waals surface area (Å²) >= 11 is 0. The van der Waals surface area contributed by atoms with E-state index in [0.717, 1.165) is 30.7 Å². The first-order chi connectivity index (χ1) is 9.07. The third-order valence-electron chi connectivity index (χ3n) is 3.82. The Morgan fingerprint density at radius 2 is 2.21 bits per heavy atom. The van der Waals surface area contributed by atoms with Gasteiger partial charge in [-0.1, -0.05) is 18.2 Å². The number of amides is 1. The number of hydrogen-bond donors (Lipinski definition) is 2. The highest BCUT2D eigenvalue weighted by Crippen LogP contribution is 2.26. The summed E-state index contributed by atoms with van der Waals surface area (Å²) in [6, 6.07) is 7.71. The molecule has 1 saturated heterocycles. The zero-order valence-electron chi connectivity index (χ0n) is 11.8. The van der Waals surface area contributed by atoms with Crippen LogP contribution >= 0.6 is 0 Å². The van der Waals surface area contributed by atoms with E-state index in [-0.39, 0.29) is 11.9 Å². The number of rotatable bonds is 4. The first-order valence-electron chi connectivity index (χ1n) is 6.76. The van der Waals surface area contributed by atoms with E-state index in [1.165, 1.54) is 0 Å². The van der Waals surface area contributed by atoms with Gasteiger partial charge in [0.05, 0.1) is 18.7 Å². The number of carbonyl (C=O) groups is 1. The summed E-state index contributed by atoms with van der Waals surface area (Å²) in [7, 11) is 1.65. The lowest BCUT2D eigenvalue weighted by Gasteiger charge is -2.26. The van der Waals surface area contributed by atoms with Crippen molar-refractivity contribution in [1.82, 2.24) is 10.6 Å². The van der Waals surface area contributed by atoms with Crippen LogP contribution in [0.1, 0.15) is 38.3 Å². The van der Waals surface area contributed by atoms with Crippen molar-refractivity contribution in [2.75, 3.05) is 13.7 Å². The first-order valence-corrected chi connectivity index (χ1v) is 6.76.